The second-order valence-corrected chi connectivity index (χ2v) is 15.3. The van der Waals surface area contributed by atoms with E-state index in [1.54, 1.807) is 13.8 Å². The number of allylic oxidation sites excluding steroid dienone is 1. The van der Waals surface area contributed by atoms with E-state index in [-0.39, 0.29) is 45.3 Å². The van der Waals surface area contributed by atoms with E-state index in [9.17, 15) is 9.59 Å². The number of carbonyl (C=O) groups is 2. The summed E-state index contributed by atoms with van der Waals surface area (Å²) in [5, 5.41) is 0. The zero-order valence-corrected chi connectivity index (χ0v) is 25.0. The van der Waals surface area contributed by atoms with Crippen molar-refractivity contribution in [1.82, 2.24) is 0 Å². The summed E-state index contributed by atoms with van der Waals surface area (Å²) in [4.78, 5) is 24.3. The third kappa shape index (κ3) is 3.65. The second kappa shape index (κ2) is 8.59. The standard InChI is InChI=1S/C33H52O4/c1-20-12-17-33(37-23(4)35)19-18-31(8)24(28(33)21(20)2)10-11-26-30(7)15-14-27(36-22(3)34)29(5,6)25(30)13-16-32(26,31)9/h12,21,24-28H,10-11,13-19H2,1-9H3/t21-,24+,25+,26-,27+,28+,30+,31-,32+,33-/m1/s1. The highest BCUT2D eigenvalue weighted by Crippen LogP contribution is 2.76. The number of fused-ring (bicyclic) bond motifs is 7. The predicted molar refractivity (Wildman–Crippen MR) is 147 cm³/mol. The minimum atomic E-state index is -0.330. The molecule has 0 bridgehead atoms. The summed E-state index contributed by atoms with van der Waals surface area (Å²) >= 11 is 0. The van der Waals surface area contributed by atoms with E-state index >= 15 is 0 Å². The fourth-order valence-electron chi connectivity index (χ4n) is 11.7. The van der Waals surface area contributed by atoms with E-state index in [4.69, 9.17) is 9.47 Å². The molecule has 4 saturated carbocycles. The molecule has 10 atom stereocenters. The van der Waals surface area contributed by atoms with Crippen LogP contribution in [0.25, 0.3) is 0 Å². The first-order valence-corrected chi connectivity index (χ1v) is 15.2. The molecule has 5 aliphatic rings. The minimum Gasteiger partial charge on any atom is -0.462 e. The van der Waals surface area contributed by atoms with Crippen molar-refractivity contribution in [3.8, 4) is 0 Å². The smallest absolute Gasteiger partial charge is 0.303 e. The molecule has 208 valence electrons. The van der Waals surface area contributed by atoms with Crippen LogP contribution in [-0.4, -0.2) is 23.6 Å². The summed E-state index contributed by atoms with van der Waals surface area (Å²) in [7, 11) is 0. The minimum absolute atomic E-state index is 0.00537. The van der Waals surface area contributed by atoms with E-state index < -0.39 is 0 Å². The van der Waals surface area contributed by atoms with Crippen molar-refractivity contribution in [2.75, 3.05) is 0 Å². The van der Waals surface area contributed by atoms with Crippen molar-refractivity contribution < 1.29 is 19.1 Å². The van der Waals surface area contributed by atoms with Gasteiger partial charge in [0.25, 0.3) is 0 Å². The molecule has 0 saturated heterocycles. The summed E-state index contributed by atoms with van der Waals surface area (Å²) in [6.45, 7) is 20.4. The van der Waals surface area contributed by atoms with Gasteiger partial charge in [-0.25, -0.2) is 0 Å². The number of ether oxygens (including phenoxy) is 2. The Kier molecular flexibility index (Phi) is 6.33. The highest BCUT2D eigenvalue weighted by Gasteiger charge is 2.71. The first kappa shape index (κ1) is 27.3. The van der Waals surface area contributed by atoms with Crippen molar-refractivity contribution in [3.63, 3.8) is 0 Å². The van der Waals surface area contributed by atoms with E-state index in [0.717, 1.165) is 32.1 Å². The lowest BCUT2D eigenvalue weighted by atomic mass is 9.32. The Morgan fingerprint density at radius 2 is 1.54 bits per heavy atom. The highest BCUT2D eigenvalue weighted by molar-refractivity contribution is 5.67. The lowest BCUT2D eigenvalue weighted by molar-refractivity contribution is -0.264. The maximum atomic E-state index is 12.4. The topological polar surface area (TPSA) is 52.6 Å². The van der Waals surface area contributed by atoms with Crippen LogP contribution in [0.4, 0.5) is 0 Å². The van der Waals surface area contributed by atoms with Gasteiger partial charge in [0, 0.05) is 31.6 Å². The summed E-state index contributed by atoms with van der Waals surface area (Å²) in [6, 6.07) is 0. The van der Waals surface area contributed by atoms with Crippen LogP contribution in [0.15, 0.2) is 11.6 Å². The quantitative estimate of drug-likeness (QED) is 0.279. The molecule has 5 rings (SSSR count). The molecule has 4 heteroatoms. The van der Waals surface area contributed by atoms with E-state index in [0.29, 0.717) is 29.6 Å². The number of rotatable bonds is 2. The molecular formula is C33H52O4. The highest BCUT2D eigenvalue weighted by atomic mass is 16.6. The molecule has 5 aliphatic carbocycles. The molecule has 0 aromatic carbocycles. The molecule has 4 nitrogen and oxygen atoms in total. The zero-order chi connectivity index (χ0) is 27.2. The van der Waals surface area contributed by atoms with Crippen LogP contribution >= 0.6 is 0 Å². The van der Waals surface area contributed by atoms with Crippen LogP contribution in [0.5, 0.6) is 0 Å². The van der Waals surface area contributed by atoms with Crippen molar-refractivity contribution in [2.45, 2.75) is 132 Å². The van der Waals surface area contributed by atoms with Crippen LogP contribution in [0.1, 0.15) is 120 Å². The lowest BCUT2D eigenvalue weighted by Crippen LogP contribution is -2.68. The largest absolute Gasteiger partial charge is 0.462 e. The van der Waals surface area contributed by atoms with Gasteiger partial charge in [0.15, 0.2) is 0 Å². The monoisotopic (exact) mass is 512 g/mol. The van der Waals surface area contributed by atoms with Crippen molar-refractivity contribution in [1.29, 1.82) is 0 Å². The van der Waals surface area contributed by atoms with Gasteiger partial charge in [-0.1, -0.05) is 53.2 Å². The molecule has 0 heterocycles. The van der Waals surface area contributed by atoms with Gasteiger partial charge >= 0.3 is 11.9 Å². The third-order valence-corrected chi connectivity index (χ3v) is 13.7. The Labute approximate surface area is 225 Å². The summed E-state index contributed by atoms with van der Waals surface area (Å²) < 4.78 is 12.2. The molecule has 0 aromatic heterocycles. The summed E-state index contributed by atoms with van der Waals surface area (Å²) in [6.07, 6.45) is 12.5. The fraction of sp³-hybridized carbons (Fsp3) is 0.879. The van der Waals surface area contributed by atoms with Crippen LogP contribution < -0.4 is 0 Å². The van der Waals surface area contributed by atoms with Gasteiger partial charge in [-0.05, 0) is 98.2 Å². The average Bonchev–Trinajstić information content (AvgIpc) is 2.79. The summed E-state index contributed by atoms with van der Waals surface area (Å²) in [5.41, 5.74) is 1.91. The number of esters is 2. The molecule has 4 fully saturated rings. The fourth-order valence-corrected chi connectivity index (χ4v) is 11.7. The average molecular weight is 513 g/mol. The Morgan fingerprint density at radius 1 is 0.838 bits per heavy atom. The molecule has 0 radical (unpaired) electrons. The summed E-state index contributed by atoms with van der Waals surface area (Å²) in [5.74, 6) is 2.41. The second-order valence-electron chi connectivity index (χ2n) is 15.3. The molecular weight excluding hydrogens is 460 g/mol. The van der Waals surface area contributed by atoms with Crippen LogP contribution in [-0.2, 0) is 19.1 Å². The first-order valence-electron chi connectivity index (χ1n) is 15.2. The molecule has 0 amide bonds. The molecule has 0 aromatic rings. The van der Waals surface area contributed by atoms with Gasteiger partial charge in [0.1, 0.15) is 11.7 Å². The van der Waals surface area contributed by atoms with Gasteiger partial charge in [0.2, 0.25) is 0 Å². The number of carbonyl (C=O) groups excluding carboxylic acids is 2. The lowest BCUT2D eigenvalue weighted by Gasteiger charge is -2.73. The Bertz CT molecular complexity index is 996. The van der Waals surface area contributed by atoms with E-state index in [1.807, 2.05) is 0 Å². The Morgan fingerprint density at radius 3 is 2.19 bits per heavy atom. The first-order chi connectivity index (χ1) is 17.1. The molecule has 0 spiro atoms. The van der Waals surface area contributed by atoms with Gasteiger partial charge in [0.05, 0.1) is 0 Å². The third-order valence-electron chi connectivity index (χ3n) is 13.7. The molecule has 37 heavy (non-hydrogen) atoms. The van der Waals surface area contributed by atoms with Gasteiger partial charge in [-0.15, -0.1) is 0 Å². The SMILES string of the molecule is CC(=O)O[C@H]1CC[C@]2(C)[C@H]3CC[C@H]4[C@@H]5[C@H](C)C(C)=CC[C@@]5(OC(C)=O)CC[C@@]4(C)[C@@]3(C)CC[C@H]2C1(C)C. The van der Waals surface area contributed by atoms with Crippen LogP contribution in [0.3, 0.4) is 0 Å². The predicted octanol–water partition coefficient (Wildman–Crippen LogP) is 7.89. The van der Waals surface area contributed by atoms with Crippen molar-refractivity contribution in [3.05, 3.63) is 11.6 Å². The molecule has 0 N–H and O–H groups in total. The van der Waals surface area contributed by atoms with Crippen molar-refractivity contribution in [2.24, 2.45) is 51.2 Å². The van der Waals surface area contributed by atoms with Crippen LogP contribution in [0.2, 0.25) is 0 Å². The maximum Gasteiger partial charge on any atom is 0.303 e. The van der Waals surface area contributed by atoms with E-state index in [1.165, 1.54) is 31.3 Å². The number of hydrogen-bond donors (Lipinski definition) is 0. The normalized spacial score (nSPS) is 50.4. The van der Waals surface area contributed by atoms with E-state index in [2.05, 4.69) is 54.5 Å². The van der Waals surface area contributed by atoms with Gasteiger partial charge in [-0.2, -0.15) is 0 Å². The number of hydrogen-bond acceptors (Lipinski definition) is 4. The Balaban J connectivity index is 1.51. The molecule has 0 unspecified atom stereocenters. The molecule has 0 aliphatic heterocycles. The zero-order valence-electron chi connectivity index (χ0n) is 25.0. The van der Waals surface area contributed by atoms with Gasteiger partial charge < -0.3 is 9.47 Å². The van der Waals surface area contributed by atoms with Crippen LogP contribution in [0, 0.1) is 51.2 Å². The Hall–Kier alpha value is -1.32. The van der Waals surface area contributed by atoms with Crippen molar-refractivity contribution >= 4 is 11.9 Å². The maximum absolute atomic E-state index is 12.4. The van der Waals surface area contributed by atoms with Gasteiger partial charge in [-0.3, -0.25) is 9.59 Å².